The van der Waals surface area contributed by atoms with E-state index in [2.05, 4.69) is 131 Å². The third-order valence-electron chi connectivity index (χ3n) is 7.95. The number of benzene rings is 4. The molecule has 41 heavy (non-hydrogen) atoms. The van der Waals surface area contributed by atoms with Gasteiger partial charge in [0, 0.05) is 34.1 Å². The summed E-state index contributed by atoms with van der Waals surface area (Å²) in [4.78, 5) is 0. The summed E-state index contributed by atoms with van der Waals surface area (Å²) in [5.74, 6) is 0. The summed E-state index contributed by atoms with van der Waals surface area (Å²) in [5.41, 5.74) is 14.2. The number of nitrogens with one attached hydrogen (secondary N) is 2. The predicted octanol–water partition coefficient (Wildman–Crippen LogP) is 7.42. The van der Waals surface area contributed by atoms with E-state index in [9.17, 15) is 0 Å². The maximum atomic E-state index is 5.96. The first-order chi connectivity index (χ1) is 20.3. The molecule has 1 unspecified atom stereocenters. The highest BCUT2D eigenvalue weighted by atomic mass is 15.0. The van der Waals surface area contributed by atoms with Crippen LogP contribution in [0.5, 0.6) is 0 Å². The number of fused-ring (bicyclic) bond motifs is 5. The molecule has 4 aromatic carbocycles. The zero-order valence-electron chi connectivity index (χ0n) is 22.8. The monoisotopic (exact) mass is 532 g/mol. The SMILES string of the molecule is N/C=C(\C=C/Cc1ccc2c3ccc4cc(C5=CC=CCN5)ccc4c3n(-c3ccccc3)c2c1)C1C=CC=CN1. The molecule has 5 aromatic rings. The molecule has 0 fully saturated rings. The fraction of sp³-hybridized carbons (Fsp3) is 0.0811. The number of nitrogens with two attached hydrogens (primary N) is 1. The third-order valence-corrected chi connectivity index (χ3v) is 7.95. The highest BCUT2D eigenvalue weighted by molar-refractivity contribution is 6.18. The third kappa shape index (κ3) is 4.64. The summed E-state index contributed by atoms with van der Waals surface area (Å²) in [6, 6.07) is 29.0. The van der Waals surface area contributed by atoms with Crippen LogP contribution in [-0.2, 0) is 6.42 Å². The molecule has 7 rings (SSSR count). The molecule has 2 aliphatic rings. The van der Waals surface area contributed by atoms with Gasteiger partial charge in [-0.2, -0.15) is 0 Å². The van der Waals surface area contributed by atoms with Crippen LogP contribution in [0.25, 0.3) is 44.0 Å². The minimum Gasteiger partial charge on any atom is -0.404 e. The van der Waals surface area contributed by atoms with Crippen molar-refractivity contribution < 1.29 is 0 Å². The van der Waals surface area contributed by atoms with E-state index in [-0.39, 0.29) is 6.04 Å². The fourth-order valence-electron chi connectivity index (χ4n) is 5.93. The summed E-state index contributed by atoms with van der Waals surface area (Å²) in [6.45, 7) is 0.859. The Bertz CT molecular complexity index is 1950. The average molecular weight is 533 g/mol. The zero-order chi connectivity index (χ0) is 27.6. The molecule has 2 aliphatic heterocycles. The molecule has 3 heterocycles. The van der Waals surface area contributed by atoms with E-state index in [0.717, 1.165) is 29.9 Å². The van der Waals surface area contributed by atoms with Crippen LogP contribution >= 0.6 is 0 Å². The Labute approximate surface area is 240 Å². The number of rotatable bonds is 6. The summed E-state index contributed by atoms with van der Waals surface area (Å²) in [7, 11) is 0. The maximum absolute atomic E-state index is 5.96. The molecule has 0 spiro atoms. The Hall–Kier alpha value is -5.22. The molecule has 1 atom stereocenters. The van der Waals surface area contributed by atoms with E-state index in [1.807, 2.05) is 18.4 Å². The topological polar surface area (TPSA) is 55.0 Å². The number of aromatic nitrogens is 1. The molecule has 0 saturated carbocycles. The Morgan fingerprint density at radius 1 is 0.902 bits per heavy atom. The second-order valence-electron chi connectivity index (χ2n) is 10.5. The van der Waals surface area contributed by atoms with E-state index in [1.54, 1.807) is 6.20 Å². The van der Waals surface area contributed by atoms with Crippen molar-refractivity contribution in [3.8, 4) is 5.69 Å². The lowest BCUT2D eigenvalue weighted by atomic mass is 10.0. The molecule has 0 bridgehead atoms. The highest BCUT2D eigenvalue weighted by Gasteiger charge is 2.16. The van der Waals surface area contributed by atoms with Crippen LogP contribution in [0.4, 0.5) is 0 Å². The number of hydrogen-bond donors (Lipinski definition) is 3. The van der Waals surface area contributed by atoms with Gasteiger partial charge in [0.2, 0.25) is 0 Å². The Morgan fingerprint density at radius 3 is 2.59 bits per heavy atom. The second kappa shape index (κ2) is 10.7. The van der Waals surface area contributed by atoms with Gasteiger partial charge in [-0.15, -0.1) is 0 Å². The van der Waals surface area contributed by atoms with Gasteiger partial charge in [0.05, 0.1) is 17.1 Å². The molecule has 4 N–H and O–H groups in total. The van der Waals surface area contributed by atoms with E-state index < -0.39 is 0 Å². The number of allylic oxidation sites excluding steroid dienone is 5. The molecule has 0 radical (unpaired) electrons. The lowest BCUT2D eigenvalue weighted by molar-refractivity contribution is 0.798. The maximum Gasteiger partial charge on any atom is 0.0709 e. The molecule has 4 heteroatoms. The van der Waals surface area contributed by atoms with E-state index in [4.69, 9.17) is 5.73 Å². The lowest BCUT2D eigenvalue weighted by Gasteiger charge is -2.16. The molecule has 0 aliphatic carbocycles. The molecule has 200 valence electrons. The first-order valence-corrected chi connectivity index (χ1v) is 14.1. The summed E-state index contributed by atoms with van der Waals surface area (Å²) < 4.78 is 2.43. The molecular weight excluding hydrogens is 500 g/mol. The van der Waals surface area contributed by atoms with Crippen molar-refractivity contribution in [2.75, 3.05) is 6.54 Å². The van der Waals surface area contributed by atoms with Gasteiger partial charge in [0.1, 0.15) is 0 Å². The van der Waals surface area contributed by atoms with Crippen LogP contribution in [0.2, 0.25) is 0 Å². The van der Waals surface area contributed by atoms with Crippen LogP contribution in [0.15, 0.2) is 145 Å². The van der Waals surface area contributed by atoms with Gasteiger partial charge in [-0.1, -0.05) is 91.1 Å². The molecule has 4 nitrogen and oxygen atoms in total. The number of dihydropyridines is 2. The van der Waals surface area contributed by atoms with Crippen molar-refractivity contribution in [2.45, 2.75) is 12.5 Å². The van der Waals surface area contributed by atoms with Gasteiger partial charge < -0.3 is 20.9 Å². The van der Waals surface area contributed by atoms with Gasteiger partial charge in [-0.3, -0.25) is 0 Å². The number of para-hydroxylation sites is 1. The Morgan fingerprint density at radius 2 is 1.78 bits per heavy atom. The van der Waals surface area contributed by atoms with E-state index >= 15 is 0 Å². The predicted molar refractivity (Wildman–Crippen MR) is 174 cm³/mol. The van der Waals surface area contributed by atoms with E-state index in [0.29, 0.717) is 0 Å². The van der Waals surface area contributed by atoms with Crippen LogP contribution in [0, 0.1) is 0 Å². The molecular formula is C37H32N4. The van der Waals surface area contributed by atoms with E-state index in [1.165, 1.54) is 43.7 Å². The molecule has 0 saturated heterocycles. The van der Waals surface area contributed by atoms with Crippen molar-refractivity contribution in [1.29, 1.82) is 0 Å². The largest absolute Gasteiger partial charge is 0.404 e. The van der Waals surface area contributed by atoms with Crippen LogP contribution in [0.3, 0.4) is 0 Å². The Kier molecular flexibility index (Phi) is 6.50. The minimum atomic E-state index is 0.0970. The second-order valence-corrected chi connectivity index (χ2v) is 10.5. The normalized spacial score (nSPS) is 16.9. The van der Waals surface area contributed by atoms with Gasteiger partial charge in [0.15, 0.2) is 0 Å². The smallest absolute Gasteiger partial charge is 0.0709 e. The lowest BCUT2D eigenvalue weighted by Crippen LogP contribution is -2.25. The molecule has 0 amide bonds. The highest BCUT2D eigenvalue weighted by Crippen LogP contribution is 2.37. The standard InChI is InChI=1S/C37H32N4/c38-25-29(35-14-5-7-22-40-35)10-8-9-26-15-18-32-33-20-16-27-24-28(34-13-4-6-21-39-34)17-19-31(27)37(33)41(36(32)23-26)30-11-2-1-3-12-30/h1-8,10-20,22-25,35,39-40H,9,21,38H2/b10-8-,29-25+. The first kappa shape index (κ1) is 24.8. The summed E-state index contributed by atoms with van der Waals surface area (Å²) >= 11 is 0. The van der Waals surface area contributed by atoms with Gasteiger partial charge >= 0.3 is 0 Å². The summed E-state index contributed by atoms with van der Waals surface area (Å²) in [6.07, 6.45) is 21.3. The summed E-state index contributed by atoms with van der Waals surface area (Å²) in [5, 5.41) is 11.8. The Balaban J connectivity index is 1.33. The van der Waals surface area contributed by atoms with Gasteiger partial charge in [0.25, 0.3) is 0 Å². The van der Waals surface area contributed by atoms with Gasteiger partial charge in [-0.05, 0) is 77.3 Å². The minimum absolute atomic E-state index is 0.0970. The number of nitrogens with zero attached hydrogens (tertiary/aromatic N) is 1. The van der Waals surface area contributed by atoms with Crippen molar-refractivity contribution in [3.05, 3.63) is 157 Å². The zero-order valence-corrected chi connectivity index (χ0v) is 22.8. The van der Waals surface area contributed by atoms with Gasteiger partial charge in [-0.25, -0.2) is 0 Å². The van der Waals surface area contributed by atoms with Crippen molar-refractivity contribution in [2.24, 2.45) is 5.73 Å². The quantitative estimate of drug-likeness (QED) is 0.200. The first-order valence-electron chi connectivity index (χ1n) is 14.1. The van der Waals surface area contributed by atoms with Crippen LogP contribution < -0.4 is 16.4 Å². The van der Waals surface area contributed by atoms with Crippen molar-refractivity contribution in [1.82, 2.24) is 15.2 Å². The molecule has 1 aromatic heterocycles. The fourth-order valence-corrected chi connectivity index (χ4v) is 5.93. The van der Waals surface area contributed by atoms with Crippen molar-refractivity contribution in [3.63, 3.8) is 0 Å². The van der Waals surface area contributed by atoms with Crippen LogP contribution in [0.1, 0.15) is 11.1 Å². The van der Waals surface area contributed by atoms with Crippen LogP contribution in [-0.4, -0.2) is 17.2 Å². The average Bonchev–Trinajstić information content (AvgIpc) is 3.38. The van der Waals surface area contributed by atoms with Crippen molar-refractivity contribution >= 4 is 38.3 Å². The number of hydrogen-bond acceptors (Lipinski definition) is 3.